The average Bonchev–Trinajstić information content (AvgIpc) is 2.67. The van der Waals surface area contributed by atoms with Crippen LogP contribution in [0.5, 0.6) is 0 Å². The first-order valence-electron chi connectivity index (χ1n) is 5.81. The SMILES string of the molecule is C=CCC(C)NC(=O)C1(CC)CCCN1. The highest BCUT2D eigenvalue weighted by molar-refractivity contribution is 5.86. The lowest BCUT2D eigenvalue weighted by Crippen LogP contribution is -2.54. The van der Waals surface area contributed by atoms with Crippen molar-refractivity contribution >= 4 is 5.91 Å². The lowest BCUT2D eigenvalue weighted by Gasteiger charge is -2.28. The molecule has 0 spiro atoms. The molecule has 1 rings (SSSR count). The van der Waals surface area contributed by atoms with Gasteiger partial charge in [0.2, 0.25) is 5.91 Å². The third kappa shape index (κ3) is 2.81. The molecule has 0 aromatic heterocycles. The maximum Gasteiger partial charge on any atom is 0.240 e. The van der Waals surface area contributed by atoms with Crippen LogP contribution >= 0.6 is 0 Å². The van der Waals surface area contributed by atoms with Crippen molar-refractivity contribution in [1.82, 2.24) is 10.6 Å². The highest BCUT2D eigenvalue weighted by atomic mass is 16.2. The molecule has 1 aliphatic heterocycles. The molecule has 1 heterocycles. The Bertz CT molecular complexity index is 232. The molecular formula is C12H22N2O. The van der Waals surface area contributed by atoms with Gasteiger partial charge in [0.1, 0.15) is 0 Å². The minimum absolute atomic E-state index is 0.150. The van der Waals surface area contributed by atoms with Gasteiger partial charge in [-0.2, -0.15) is 0 Å². The van der Waals surface area contributed by atoms with Gasteiger partial charge in [-0.15, -0.1) is 6.58 Å². The smallest absolute Gasteiger partial charge is 0.240 e. The topological polar surface area (TPSA) is 41.1 Å². The first-order chi connectivity index (χ1) is 7.14. The third-order valence-corrected chi connectivity index (χ3v) is 3.18. The van der Waals surface area contributed by atoms with Gasteiger partial charge < -0.3 is 10.6 Å². The quantitative estimate of drug-likeness (QED) is 0.677. The summed E-state index contributed by atoms with van der Waals surface area (Å²) in [5.41, 5.74) is -0.310. The van der Waals surface area contributed by atoms with E-state index in [1.165, 1.54) is 0 Å². The van der Waals surface area contributed by atoms with Crippen molar-refractivity contribution in [2.75, 3.05) is 6.54 Å². The van der Waals surface area contributed by atoms with E-state index in [-0.39, 0.29) is 17.5 Å². The summed E-state index contributed by atoms with van der Waals surface area (Å²) in [7, 11) is 0. The predicted molar refractivity (Wildman–Crippen MR) is 62.7 cm³/mol. The zero-order valence-electron chi connectivity index (χ0n) is 9.81. The van der Waals surface area contributed by atoms with Crippen molar-refractivity contribution in [3.63, 3.8) is 0 Å². The maximum atomic E-state index is 12.1. The van der Waals surface area contributed by atoms with Crippen LogP contribution in [-0.4, -0.2) is 24.0 Å². The van der Waals surface area contributed by atoms with E-state index < -0.39 is 0 Å². The van der Waals surface area contributed by atoms with Gasteiger partial charge in [0.15, 0.2) is 0 Å². The molecule has 2 unspecified atom stereocenters. The Morgan fingerprint density at radius 1 is 1.73 bits per heavy atom. The first-order valence-corrected chi connectivity index (χ1v) is 5.81. The fourth-order valence-electron chi connectivity index (χ4n) is 2.13. The van der Waals surface area contributed by atoms with Gasteiger partial charge in [-0.3, -0.25) is 4.79 Å². The Balaban J connectivity index is 2.53. The lowest BCUT2D eigenvalue weighted by molar-refractivity contribution is -0.127. The molecule has 1 fully saturated rings. The summed E-state index contributed by atoms with van der Waals surface area (Å²) in [6.07, 6.45) is 5.57. The van der Waals surface area contributed by atoms with Gasteiger partial charge in [0.25, 0.3) is 0 Å². The molecule has 0 bridgehead atoms. The number of hydrogen-bond donors (Lipinski definition) is 2. The minimum Gasteiger partial charge on any atom is -0.352 e. The number of nitrogens with one attached hydrogen (secondary N) is 2. The number of carbonyl (C=O) groups is 1. The molecule has 3 nitrogen and oxygen atoms in total. The van der Waals surface area contributed by atoms with Crippen molar-refractivity contribution in [2.24, 2.45) is 0 Å². The van der Waals surface area contributed by atoms with Gasteiger partial charge in [-0.05, 0) is 39.2 Å². The van der Waals surface area contributed by atoms with E-state index in [9.17, 15) is 4.79 Å². The molecule has 0 radical (unpaired) electrons. The van der Waals surface area contributed by atoms with E-state index in [1.54, 1.807) is 0 Å². The van der Waals surface area contributed by atoms with Crippen LogP contribution in [0.3, 0.4) is 0 Å². The summed E-state index contributed by atoms with van der Waals surface area (Å²) in [4.78, 5) is 12.1. The van der Waals surface area contributed by atoms with Gasteiger partial charge in [0.05, 0.1) is 5.54 Å². The zero-order valence-corrected chi connectivity index (χ0v) is 9.81. The van der Waals surface area contributed by atoms with Crippen molar-refractivity contribution < 1.29 is 4.79 Å². The number of carbonyl (C=O) groups excluding carboxylic acids is 1. The van der Waals surface area contributed by atoms with Crippen LogP contribution in [0.25, 0.3) is 0 Å². The molecule has 15 heavy (non-hydrogen) atoms. The second-order valence-corrected chi connectivity index (χ2v) is 4.36. The van der Waals surface area contributed by atoms with Crippen LogP contribution < -0.4 is 10.6 Å². The molecule has 0 aromatic rings. The fraction of sp³-hybridized carbons (Fsp3) is 0.750. The number of hydrogen-bond acceptors (Lipinski definition) is 2. The summed E-state index contributed by atoms with van der Waals surface area (Å²) in [5.74, 6) is 0.150. The molecule has 2 atom stereocenters. The van der Waals surface area contributed by atoms with Crippen molar-refractivity contribution in [3.05, 3.63) is 12.7 Å². The zero-order chi connectivity index (χ0) is 11.3. The van der Waals surface area contributed by atoms with Crippen LogP contribution in [-0.2, 0) is 4.79 Å². The van der Waals surface area contributed by atoms with E-state index in [2.05, 4.69) is 24.1 Å². The molecule has 0 saturated carbocycles. The average molecular weight is 210 g/mol. The van der Waals surface area contributed by atoms with E-state index >= 15 is 0 Å². The third-order valence-electron chi connectivity index (χ3n) is 3.18. The van der Waals surface area contributed by atoms with Crippen LogP contribution in [0.2, 0.25) is 0 Å². The van der Waals surface area contributed by atoms with Gasteiger partial charge in [-0.25, -0.2) is 0 Å². The monoisotopic (exact) mass is 210 g/mol. The summed E-state index contributed by atoms with van der Waals surface area (Å²) >= 11 is 0. The Morgan fingerprint density at radius 3 is 2.93 bits per heavy atom. The van der Waals surface area contributed by atoms with Crippen LogP contribution in [0.4, 0.5) is 0 Å². The number of rotatable bonds is 5. The fourth-order valence-corrected chi connectivity index (χ4v) is 2.13. The molecule has 0 aliphatic carbocycles. The summed E-state index contributed by atoms with van der Waals surface area (Å²) in [6.45, 7) is 8.71. The largest absolute Gasteiger partial charge is 0.352 e. The molecule has 2 N–H and O–H groups in total. The van der Waals surface area contributed by atoms with Gasteiger partial charge in [0, 0.05) is 6.04 Å². The number of amides is 1. The molecule has 1 saturated heterocycles. The Kier molecular flexibility index (Phi) is 4.33. The molecule has 3 heteroatoms. The normalized spacial score (nSPS) is 27.3. The van der Waals surface area contributed by atoms with Crippen LogP contribution in [0.15, 0.2) is 12.7 Å². The second kappa shape index (κ2) is 5.31. The van der Waals surface area contributed by atoms with Gasteiger partial charge >= 0.3 is 0 Å². The minimum atomic E-state index is -0.310. The summed E-state index contributed by atoms with van der Waals surface area (Å²) in [6, 6.07) is 0.181. The summed E-state index contributed by atoms with van der Waals surface area (Å²) in [5, 5.41) is 6.37. The van der Waals surface area contributed by atoms with E-state index in [0.29, 0.717) is 0 Å². The Morgan fingerprint density at radius 2 is 2.47 bits per heavy atom. The van der Waals surface area contributed by atoms with E-state index in [1.807, 2.05) is 13.0 Å². The second-order valence-electron chi connectivity index (χ2n) is 4.36. The van der Waals surface area contributed by atoms with Gasteiger partial charge in [-0.1, -0.05) is 13.0 Å². The highest BCUT2D eigenvalue weighted by Gasteiger charge is 2.39. The van der Waals surface area contributed by atoms with Crippen molar-refractivity contribution in [3.8, 4) is 0 Å². The Hall–Kier alpha value is -0.830. The predicted octanol–water partition coefficient (Wildman–Crippen LogP) is 1.60. The summed E-state index contributed by atoms with van der Waals surface area (Å²) < 4.78 is 0. The van der Waals surface area contributed by atoms with Crippen molar-refractivity contribution in [1.29, 1.82) is 0 Å². The maximum absolute atomic E-state index is 12.1. The lowest BCUT2D eigenvalue weighted by atomic mass is 9.92. The standard InChI is InChI=1S/C12H22N2O/c1-4-7-10(3)14-11(15)12(5-2)8-6-9-13-12/h4,10,13H,1,5-9H2,2-3H3,(H,14,15). The van der Waals surface area contributed by atoms with Crippen molar-refractivity contribution in [2.45, 2.75) is 51.1 Å². The first kappa shape index (κ1) is 12.2. The van der Waals surface area contributed by atoms with E-state index in [0.717, 1.165) is 32.2 Å². The molecule has 1 amide bonds. The van der Waals surface area contributed by atoms with E-state index in [4.69, 9.17) is 0 Å². The highest BCUT2D eigenvalue weighted by Crippen LogP contribution is 2.23. The molecular weight excluding hydrogens is 188 g/mol. The molecule has 0 aromatic carbocycles. The van der Waals surface area contributed by atoms with Crippen LogP contribution in [0, 0.1) is 0 Å². The van der Waals surface area contributed by atoms with Crippen LogP contribution in [0.1, 0.15) is 39.5 Å². The Labute approximate surface area is 92.3 Å². The molecule has 1 aliphatic rings. The molecule has 86 valence electrons.